The zero-order valence-corrected chi connectivity index (χ0v) is 12.8. The van der Waals surface area contributed by atoms with Crippen molar-refractivity contribution in [2.45, 2.75) is 65.2 Å². The van der Waals surface area contributed by atoms with Crippen molar-refractivity contribution in [3.05, 3.63) is 11.7 Å². The predicted octanol–water partition coefficient (Wildman–Crippen LogP) is 2.54. The summed E-state index contributed by atoms with van der Waals surface area (Å²) in [6.45, 7) is 14.4. The van der Waals surface area contributed by atoms with E-state index in [0.717, 1.165) is 18.9 Å². The van der Waals surface area contributed by atoms with Gasteiger partial charge in [-0.15, -0.1) is 0 Å². The van der Waals surface area contributed by atoms with Crippen LogP contribution in [0, 0.1) is 0 Å². The molecule has 1 fully saturated rings. The van der Waals surface area contributed by atoms with Crippen molar-refractivity contribution in [2.24, 2.45) is 0 Å². The SMILES string of the molecule is CC1CN(C(C)c2nc(C(C)(C)C)no2)CC(C)O1. The highest BCUT2D eigenvalue weighted by Crippen LogP contribution is 2.26. The lowest BCUT2D eigenvalue weighted by Gasteiger charge is -2.37. The van der Waals surface area contributed by atoms with Crippen molar-refractivity contribution in [1.82, 2.24) is 15.0 Å². The fraction of sp³-hybridized carbons (Fsp3) is 0.857. The number of rotatable bonds is 2. The van der Waals surface area contributed by atoms with Crippen molar-refractivity contribution >= 4 is 0 Å². The molecule has 0 bridgehead atoms. The molecular formula is C14H25N3O2. The Balaban J connectivity index is 2.11. The third kappa shape index (κ3) is 3.34. The predicted molar refractivity (Wildman–Crippen MR) is 73.0 cm³/mol. The van der Waals surface area contributed by atoms with E-state index in [-0.39, 0.29) is 23.7 Å². The maximum Gasteiger partial charge on any atom is 0.243 e. The largest absolute Gasteiger partial charge is 0.373 e. The minimum atomic E-state index is -0.0763. The van der Waals surface area contributed by atoms with E-state index in [4.69, 9.17) is 9.26 Å². The molecule has 5 heteroatoms. The Bertz CT molecular complexity index is 415. The van der Waals surface area contributed by atoms with Crippen LogP contribution in [0.15, 0.2) is 4.52 Å². The molecule has 0 amide bonds. The first-order chi connectivity index (χ1) is 8.77. The van der Waals surface area contributed by atoms with Crippen molar-refractivity contribution in [3.63, 3.8) is 0 Å². The molecule has 1 saturated heterocycles. The summed E-state index contributed by atoms with van der Waals surface area (Å²) in [7, 11) is 0. The summed E-state index contributed by atoms with van der Waals surface area (Å²) in [6, 6.07) is 0.136. The van der Waals surface area contributed by atoms with E-state index >= 15 is 0 Å². The van der Waals surface area contributed by atoms with Crippen LogP contribution in [-0.4, -0.2) is 40.3 Å². The average Bonchev–Trinajstić information content (AvgIpc) is 2.75. The molecule has 2 heterocycles. The number of aromatic nitrogens is 2. The molecule has 1 aromatic rings. The zero-order valence-electron chi connectivity index (χ0n) is 12.8. The number of hydrogen-bond donors (Lipinski definition) is 0. The summed E-state index contributed by atoms with van der Waals surface area (Å²) >= 11 is 0. The van der Waals surface area contributed by atoms with Gasteiger partial charge in [-0.25, -0.2) is 0 Å². The number of morpholine rings is 1. The molecule has 0 aliphatic carbocycles. The van der Waals surface area contributed by atoms with Crippen LogP contribution in [0.25, 0.3) is 0 Å². The molecule has 2 rings (SSSR count). The highest BCUT2D eigenvalue weighted by molar-refractivity contribution is 5.02. The fourth-order valence-electron chi connectivity index (χ4n) is 2.40. The normalized spacial score (nSPS) is 27.5. The van der Waals surface area contributed by atoms with Gasteiger partial charge in [-0.3, -0.25) is 4.90 Å². The molecular weight excluding hydrogens is 242 g/mol. The van der Waals surface area contributed by atoms with Crippen LogP contribution in [-0.2, 0) is 10.2 Å². The van der Waals surface area contributed by atoms with Gasteiger partial charge in [0.05, 0.1) is 18.2 Å². The van der Waals surface area contributed by atoms with Gasteiger partial charge >= 0.3 is 0 Å². The number of hydrogen-bond acceptors (Lipinski definition) is 5. The summed E-state index contributed by atoms with van der Waals surface area (Å²) < 4.78 is 11.2. The van der Waals surface area contributed by atoms with E-state index in [1.54, 1.807) is 0 Å². The Hall–Kier alpha value is -0.940. The topological polar surface area (TPSA) is 51.4 Å². The first kappa shape index (κ1) is 14.5. The van der Waals surface area contributed by atoms with Gasteiger partial charge in [-0.05, 0) is 20.8 Å². The van der Waals surface area contributed by atoms with Gasteiger partial charge in [0, 0.05) is 18.5 Å². The average molecular weight is 267 g/mol. The molecule has 3 unspecified atom stereocenters. The van der Waals surface area contributed by atoms with Crippen LogP contribution in [0.5, 0.6) is 0 Å². The summed E-state index contributed by atoms with van der Waals surface area (Å²) in [4.78, 5) is 6.89. The number of ether oxygens (including phenoxy) is 1. The minimum Gasteiger partial charge on any atom is -0.373 e. The molecule has 0 saturated carbocycles. The van der Waals surface area contributed by atoms with Gasteiger partial charge in [0.1, 0.15) is 0 Å². The highest BCUT2D eigenvalue weighted by Gasteiger charge is 2.30. The lowest BCUT2D eigenvalue weighted by molar-refractivity contribution is -0.0818. The highest BCUT2D eigenvalue weighted by atomic mass is 16.5. The van der Waals surface area contributed by atoms with Gasteiger partial charge in [-0.1, -0.05) is 25.9 Å². The molecule has 5 nitrogen and oxygen atoms in total. The smallest absolute Gasteiger partial charge is 0.243 e. The molecule has 108 valence electrons. The summed E-state index contributed by atoms with van der Waals surface area (Å²) in [5.74, 6) is 1.47. The molecule has 19 heavy (non-hydrogen) atoms. The summed E-state index contributed by atoms with van der Waals surface area (Å²) in [5, 5.41) is 4.10. The Morgan fingerprint density at radius 2 is 1.79 bits per heavy atom. The fourth-order valence-corrected chi connectivity index (χ4v) is 2.40. The third-order valence-electron chi connectivity index (χ3n) is 3.47. The second kappa shape index (κ2) is 5.21. The van der Waals surface area contributed by atoms with Crippen LogP contribution >= 0.6 is 0 Å². The number of nitrogens with zero attached hydrogens (tertiary/aromatic N) is 3. The molecule has 0 spiro atoms. The zero-order chi connectivity index (χ0) is 14.2. The van der Waals surface area contributed by atoms with Gasteiger partial charge in [0.2, 0.25) is 5.89 Å². The molecule has 1 aromatic heterocycles. The molecule has 0 N–H and O–H groups in total. The Morgan fingerprint density at radius 1 is 1.21 bits per heavy atom. The van der Waals surface area contributed by atoms with Crippen molar-refractivity contribution in [3.8, 4) is 0 Å². The second-order valence-electron chi connectivity index (χ2n) is 6.59. The van der Waals surface area contributed by atoms with E-state index in [9.17, 15) is 0 Å². The van der Waals surface area contributed by atoms with Gasteiger partial charge in [0.25, 0.3) is 0 Å². The van der Waals surface area contributed by atoms with Crippen LogP contribution in [0.4, 0.5) is 0 Å². The van der Waals surface area contributed by atoms with E-state index in [2.05, 4.69) is 56.6 Å². The molecule has 1 aliphatic heterocycles. The van der Waals surface area contributed by atoms with E-state index in [0.29, 0.717) is 5.89 Å². The summed E-state index contributed by atoms with van der Waals surface area (Å²) in [5.41, 5.74) is -0.0763. The molecule has 0 radical (unpaired) electrons. The van der Waals surface area contributed by atoms with E-state index in [1.165, 1.54) is 0 Å². The second-order valence-corrected chi connectivity index (χ2v) is 6.59. The van der Waals surface area contributed by atoms with Crippen LogP contribution in [0.1, 0.15) is 59.3 Å². The standard InChI is InChI=1S/C14H25N3O2/c1-9-7-17(8-10(2)18-9)11(3)12-15-13(16-19-12)14(4,5)6/h9-11H,7-8H2,1-6H3. The third-order valence-corrected chi connectivity index (χ3v) is 3.47. The maximum absolute atomic E-state index is 5.75. The van der Waals surface area contributed by atoms with Gasteiger partial charge < -0.3 is 9.26 Å². The summed E-state index contributed by atoms with van der Waals surface area (Å²) in [6.07, 6.45) is 0.493. The van der Waals surface area contributed by atoms with Crippen molar-refractivity contribution in [1.29, 1.82) is 0 Å². The molecule has 1 aliphatic rings. The van der Waals surface area contributed by atoms with Crippen LogP contribution in [0.3, 0.4) is 0 Å². The van der Waals surface area contributed by atoms with E-state index in [1.807, 2.05) is 0 Å². The van der Waals surface area contributed by atoms with Gasteiger partial charge in [-0.2, -0.15) is 4.98 Å². The first-order valence-electron chi connectivity index (χ1n) is 7.01. The monoisotopic (exact) mass is 267 g/mol. The first-order valence-corrected chi connectivity index (χ1v) is 7.01. The lowest BCUT2D eigenvalue weighted by Crippen LogP contribution is -2.46. The molecule has 3 atom stereocenters. The van der Waals surface area contributed by atoms with Gasteiger partial charge in [0.15, 0.2) is 5.82 Å². The van der Waals surface area contributed by atoms with Crippen LogP contribution in [0.2, 0.25) is 0 Å². The quantitative estimate of drug-likeness (QED) is 0.824. The maximum atomic E-state index is 5.75. The van der Waals surface area contributed by atoms with Crippen molar-refractivity contribution in [2.75, 3.05) is 13.1 Å². The van der Waals surface area contributed by atoms with Crippen molar-refractivity contribution < 1.29 is 9.26 Å². The Kier molecular flexibility index (Phi) is 3.97. The van der Waals surface area contributed by atoms with E-state index < -0.39 is 0 Å². The lowest BCUT2D eigenvalue weighted by atomic mass is 9.96. The Morgan fingerprint density at radius 3 is 2.26 bits per heavy atom. The van der Waals surface area contributed by atoms with Crippen LogP contribution < -0.4 is 0 Å². The minimum absolute atomic E-state index is 0.0763. The Labute approximate surface area is 115 Å². The molecule has 0 aromatic carbocycles.